The average Bonchev–Trinajstić information content (AvgIpc) is 2.96. The van der Waals surface area contributed by atoms with E-state index in [4.69, 9.17) is 0 Å². The minimum absolute atomic E-state index is 0.407. The van der Waals surface area contributed by atoms with Gasteiger partial charge in [0.2, 0.25) is 0 Å². The maximum atomic E-state index is 4.58. The van der Waals surface area contributed by atoms with Crippen LogP contribution < -0.4 is 5.32 Å². The fourth-order valence-electron chi connectivity index (χ4n) is 3.67. The van der Waals surface area contributed by atoms with Gasteiger partial charge in [-0.2, -0.15) is 0 Å². The van der Waals surface area contributed by atoms with Crippen molar-refractivity contribution in [3.05, 3.63) is 17.6 Å². The molecule has 4 heteroatoms. The van der Waals surface area contributed by atoms with E-state index in [2.05, 4.69) is 27.1 Å². The molecule has 3 rings (SSSR count). The fourth-order valence-corrected chi connectivity index (χ4v) is 3.67. The van der Waals surface area contributed by atoms with E-state index in [1.165, 1.54) is 44.3 Å². The first-order valence-corrected chi connectivity index (χ1v) is 7.55. The molecule has 0 bridgehead atoms. The molecule has 1 aromatic heterocycles. The van der Waals surface area contributed by atoms with Crippen LogP contribution in [0.15, 0.2) is 6.20 Å². The van der Waals surface area contributed by atoms with Crippen molar-refractivity contribution in [2.45, 2.75) is 51.5 Å². The standard InChI is InChI=1S/C15H24N4/c1-3-13-10-16-12(2)18-14(13)17-11-15-6-4-8-19(15)9-5-7-15/h10H,3-9,11H2,1-2H3,(H,16,17,18). The molecule has 0 aromatic carbocycles. The van der Waals surface area contributed by atoms with Gasteiger partial charge in [-0.1, -0.05) is 6.92 Å². The van der Waals surface area contributed by atoms with E-state index in [-0.39, 0.29) is 0 Å². The monoisotopic (exact) mass is 260 g/mol. The Hall–Kier alpha value is -1.16. The summed E-state index contributed by atoms with van der Waals surface area (Å²) in [5, 5.41) is 3.62. The number of fused-ring (bicyclic) bond motifs is 1. The van der Waals surface area contributed by atoms with Gasteiger partial charge in [0, 0.05) is 23.8 Å². The molecule has 19 heavy (non-hydrogen) atoms. The molecule has 1 N–H and O–H groups in total. The molecule has 0 radical (unpaired) electrons. The number of nitrogens with zero attached hydrogens (tertiary/aromatic N) is 3. The minimum atomic E-state index is 0.407. The largest absolute Gasteiger partial charge is 0.368 e. The number of nitrogens with one attached hydrogen (secondary N) is 1. The summed E-state index contributed by atoms with van der Waals surface area (Å²) in [7, 11) is 0. The average molecular weight is 260 g/mol. The summed E-state index contributed by atoms with van der Waals surface area (Å²) >= 11 is 0. The van der Waals surface area contributed by atoms with Crippen molar-refractivity contribution in [1.82, 2.24) is 14.9 Å². The Labute approximate surface area is 115 Å². The Balaban J connectivity index is 1.74. The number of hydrogen-bond acceptors (Lipinski definition) is 4. The normalized spacial score (nSPS) is 21.6. The summed E-state index contributed by atoms with van der Waals surface area (Å²) in [6.07, 6.45) is 8.33. The van der Waals surface area contributed by atoms with E-state index in [0.29, 0.717) is 5.54 Å². The fraction of sp³-hybridized carbons (Fsp3) is 0.733. The smallest absolute Gasteiger partial charge is 0.132 e. The second-order valence-electron chi connectivity index (χ2n) is 5.92. The molecule has 4 nitrogen and oxygen atoms in total. The van der Waals surface area contributed by atoms with Crippen molar-refractivity contribution in [3.63, 3.8) is 0 Å². The second kappa shape index (κ2) is 5.08. The summed E-state index contributed by atoms with van der Waals surface area (Å²) in [5.74, 6) is 1.90. The van der Waals surface area contributed by atoms with Crippen LogP contribution in [0.25, 0.3) is 0 Å². The molecule has 0 aliphatic carbocycles. The Morgan fingerprint density at radius 1 is 1.32 bits per heavy atom. The number of aryl methyl sites for hydroxylation is 2. The van der Waals surface area contributed by atoms with E-state index < -0.39 is 0 Å². The van der Waals surface area contributed by atoms with Crippen LogP contribution in [-0.4, -0.2) is 40.0 Å². The first kappa shape index (κ1) is 12.9. The lowest BCUT2D eigenvalue weighted by Crippen LogP contribution is -2.44. The molecule has 0 saturated carbocycles. The van der Waals surface area contributed by atoms with Gasteiger partial charge in [0.25, 0.3) is 0 Å². The zero-order valence-corrected chi connectivity index (χ0v) is 12.1. The SMILES string of the molecule is CCc1cnc(C)nc1NCC12CCCN1CCC2. The van der Waals surface area contributed by atoms with Crippen LogP contribution in [0.1, 0.15) is 44.0 Å². The quantitative estimate of drug-likeness (QED) is 0.902. The topological polar surface area (TPSA) is 41.1 Å². The van der Waals surface area contributed by atoms with Crippen molar-refractivity contribution in [2.24, 2.45) is 0 Å². The molecule has 2 aliphatic heterocycles. The molecule has 104 valence electrons. The molecule has 2 saturated heterocycles. The number of hydrogen-bond donors (Lipinski definition) is 1. The summed E-state index contributed by atoms with van der Waals surface area (Å²) < 4.78 is 0. The third-order valence-electron chi connectivity index (χ3n) is 4.76. The van der Waals surface area contributed by atoms with Gasteiger partial charge in [0.1, 0.15) is 11.6 Å². The van der Waals surface area contributed by atoms with E-state index >= 15 is 0 Å². The molecule has 2 aliphatic rings. The predicted octanol–water partition coefficient (Wildman–Crippen LogP) is 2.39. The molecule has 0 amide bonds. The molecular formula is C15H24N4. The van der Waals surface area contributed by atoms with Crippen LogP contribution in [0.2, 0.25) is 0 Å². The Morgan fingerprint density at radius 3 is 2.74 bits per heavy atom. The highest BCUT2D eigenvalue weighted by atomic mass is 15.3. The maximum Gasteiger partial charge on any atom is 0.132 e. The van der Waals surface area contributed by atoms with Gasteiger partial charge in [-0.25, -0.2) is 9.97 Å². The number of aromatic nitrogens is 2. The van der Waals surface area contributed by atoms with E-state index in [0.717, 1.165) is 24.6 Å². The van der Waals surface area contributed by atoms with E-state index in [1.807, 2.05) is 13.1 Å². The summed E-state index contributed by atoms with van der Waals surface area (Å²) in [6, 6.07) is 0. The van der Waals surface area contributed by atoms with Gasteiger partial charge in [0.05, 0.1) is 0 Å². The highest BCUT2D eigenvalue weighted by Gasteiger charge is 2.43. The zero-order chi connectivity index (χ0) is 13.3. The van der Waals surface area contributed by atoms with Crippen molar-refractivity contribution in [2.75, 3.05) is 25.0 Å². The highest BCUT2D eigenvalue weighted by Crippen LogP contribution is 2.38. The first-order chi connectivity index (χ1) is 9.23. The predicted molar refractivity (Wildman–Crippen MR) is 77.4 cm³/mol. The number of anilines is 1. The van der Waals surface area contributed by atoms with Crippen molar-refractivity contribution >= 4 is 5.82 Å². The molecule has 2 fully saturated rings. The molecule has 0 spiro atoms. The zero-order valence-electron chi connectivity index (χ0n) is 12.1. The lowest BCUT2D eigenvalue weighted by atomic mass is 9.94. The van der Waals surface area contributed by atoms with E-state index in [1.54, 1.807) is 0 Å². The van der Waals surface area contributed by atoms with Crippen molar-refractivity contribution < 1.29 is 0 Å². The molecule has 0 unspecified atom stereocenters. The van der Waals surface area contributed by atoms with Gasteiger partial charge in [-0.15, -0.1) is 0 Å². The van der Waals surface area contributed by atoms with Crippen LogP contribution in [0, 0.1) is 6.92 Å². The Morgan fingerprint density at radius 2 is 2.05 bits per heavy atom. The van der Waals surface area contributed by atoms with Crippen LogP contribution in [0.3, 0.4) is 0 Å². The lowest BCUT2D eigenvalue weighted by Gasteiger charge is -2.32. The Kier molecular flexibility index (Phi) is 3.44. The van der Waals surface area contributed by atoms with Crippen LogP contribution in [0.5, 0.6) is 0 Å². The van der Waals surface area contributed by atoms with E-state index in [9.17, 15) is 0 Å². The van der Waals surface area contributed by atoms with Gasteiger partial charge in [-0.3, -0.25) is 4.90 Å². The van der Waals surface area contributed by atoms with Crippen LogP contribution in [0.4, 0.5) is 5.82 Å². The highest BCUT2D eigenvalue weighted by molar-refractivity contribution is 5.43. The van der Waals surface area contributed by atoms with Crippen LogP contribution >= 0.6 is 0 Å². The molecule has 1 aromatic rings. The third-order valence-corrected chi connectivity index (χ3v) is 4.76. The van der Waals surface area contributed by atoms with Gasteiger partial charge in [-0.05, 0) is 52.1 Å². The number of rotatable bonds is 4. The van der Waals surface area contributed by atoms with Crippen molar-refractivity contribution in [1.29, 1.82) is 0 Å². The Bertz CT molecular complexity index is 447. The van der Waals surface area contributed by atoms with Gasteiger partial charge in [0.15, 0.2) is 0 Å². The lowest BCUT2D eigenvalue weighted by molar-refractivity contribution is 0.209. The summed E-state index contributed by atoms with van der Waals surface area (Å²) in [4.78, 5) is 11.5. The van der Waals surface area contributed by atoms with Crippen LogP contribution in [-0.2, 0) is 6.42 Å². The molecule has 0 atom stereocenters. The summed E-state index contributed by atoms with van der Waals surface area (Å²) in [6.45, 7) is 7.72. The molecule has 3 heterocycles. The van der Waals surface area contributed by atoms with Crippen molar-refractivity contribution in [3.8, 4) is 0 Å². The van der Waals surface area contributed by atoms with Gasteiger partial charge >= 0.3 is 0 Å². The summed E-state index contributed by atoms with van der Waals surface area (Å²) in [5.41, 5.74) is 1.63. The second-order valence-corrected chi connectivity index (χ2v) is 5.92. The minimum Gasteiger partial charge on any atom is -0.368 e. The van der Waals surface area contributed by atoms with Gasteiger partial charge < -0.3 is 5.32 Å². The maximum absolute atomic E-state index is 4.58. The molecular weight excluding hydrogens is 236 g/mol. The first-order valence-electron chi connectivity index (χ1n) is 7.55. The third kappa shape index (κ3) is 2.34.